The highest BCUT2D eigenvalue weighted by atomic mass is 79.9. The third-order valence-electron chi connectivity index (χ3n) is 3.76. The predicted octanol–water partition coefficient (Wildman–Crippen LogP) is 6.08. The van der Waals surface area contributed by atoms with Crippen LogP contribution in [-0.4, -0.2) is 0 Å². The zero-order chi connectivity index (χ0) is 13.8. The lowest BCUT2D eigenvalue weighted by atomic mass is 9.85. The van der Waals surface area contributed by atoms with Crippen LogP contribution in [0.1, 0.15) is 37.5 Å². The summed E-state index contributed by atoms with van der Waals surface area (Å²) in [5, 5.41) is 0. The normalized spacial score (nSPS) is 13.3. The van der Waals surface area contributed by atoms with Crippen LogP contribution in [-0.2, 0) is 11.8 Å². The zero-order valence-electron chi connectivity index (χ0n) is 11.3. The lowest BCUT2D eigenvalue weighted by Gasteiger charge is -2.21. The van der Waals surface area contributed by atoms with E-state index in [1.807, 2.05) is 0 Å². The summed E-state index contributed by atoms with van der Waals surface area (Å²) < 4.78 is 2.38. The Kier molecular flexibility index (Phi) is 3.14. The van der Waals surface area contributed by atoms with Crippen molar-refractivity contribution in [3.8, 4) is 11.1 Å². The summed E-state index contributed by atoms with van der Waals surface area (Å²) in [5.41, 5.74) is 7.17. The molecule has 0 spiro atoms. The molecule has 2 aromatic rings. The first-order valence-electron chi connectivity index (χ1n) is 6.48. The highest BCUT2D eigenvalue weighted by molar-refractivity contribution is 9.10. The van der Waals surface area contributed by atoms with Crippen LogP contribution in [0.25, 0.3) is 11.1 Å². The fraction of sp³-hybridized carbons (Fsp3) is 0.294. The number of halogens is 2. The highest BCUT2D eigenvalue weighted by Crippen LogP contribution is 2.44. The Bertz CT molecular complexity index is 664. The summed E-state index contributed by atoms with van der Waals surface area (Å²) in [5.74, 6) is 0. The fourth-order valence-electron chi connectivity index (χ4n) is 2.70. The third-order valence-corrected chi connectivity index (χ3v) is 4.87. The second kappa shape index (κ2) is 4.46. The van der Waals surface area contributed by atoms with E-state index in [-0.39, 0.29) is 5.41 Å². The van der Waals surface area contributed by atoms with Gasteiger partial charge >= 0.3 is 0 Å². The van der Waals surface area contributed by atoms with Crippen molar-refractivity contribution in [3.05, 3.63) is 56.0 Å². The first-order valence-corrected chi connectivity index (χ1v) is 8.06. The molecule has 0 bridgehead atoms. The summed E-state index contributed by atoms with van der Waals surface area (Å²) in [6.45, 7) is 6.79. The second-order valence-electron chi connectivity index (χ2n) is 6.22. The molecule has 0 amide bonds. The van der Waals surface area contributed by atoms with E-state index in [9.17, 15) is 0 Å². The zero-order valence-corrected chi connectivity index (χ0v) is 14.5. The van der Waals surface area contributed by atoms with Crippen LogP contribution >= 0.6 is 31.9 Å². The van der Waals surface area contributed by atoms with Gasteiger partial charge in [0.1, 0.15) is 0 Å². The van der Waals surface area contributed by atoms with Gasteiger partial charge in [-0.05, 0) is 57.9 Å². The molecule has 0 heterocycles. The molecule has 0 atom stereocenters. The van der Waals surface area contributed by atoms with Gasteiger partial charge in [-0.25, -0.2) is 0 Å². The Hall–Kier alpha value is -0.600. The number of benzene rings is 2. The van der Waals surface area contributed by atoms with E-state index in [0.29, 0.717) is 0 Å². The smallest absolute Gasteiger partial charge is 0.0259 e. The molecule has 3 rings (SSSR count). The van der Waals surface area contributed by atoms with Crippen molar-refractivity contribution in [3.63, 3.8) is 0 Å². The first-order chi connectivity index (χ1) is 8.86. The topological polar surface area (TPSA) is 0 Å². The maximum absolute atomic E-state index is 3.77. The minimum atomic E-state index is 0.187. The molecule has 0 aromatic heterocycles. The molecule has 2 heteroatoms. The van der Waals surface area contributed by atoms with Crippen molar-refractivity contribution in [2.45, 2.75) is 32.6 Å². The van der Waals surface area contributed by atoms with Gasteiger partial charge in [0.25, 0.3) is 0 Å². The van der Waals surface area contributed by atoms with Gasteiger partial charge in [0, 0.05) is 8.95 Å². The van der Waals surface area contributed by atoms with Crippen molar-refractivity contribution < 1.29 is 0 Å². The minimum absolute atomic E-state index is 0.187. The molecule has 0 unspecified atom stereocenters. The minimum Gasteiger partial charge on any atom is -0.0561 e. The van der Waals surface area contributed by atoms with Gasteiger partial charge in [0.15, 0.2) is 0 Å². The number of hydrogen-bond acceptors (Lipinski definition) is 0. The maximum Gasteiger partial charge on any atom is 0.0259 e. The van der Waals surface area contributed by atoms with Crippen LogP contribution in [0, 0.1) is 0 Å². The van der Waals surface area contributed by atoms with Gasteiger partial charge in [-0.2, -0.15) is 0 Å². The van der Waals surface area contributed by atoms with E-state index in [2.05, 4.69) is 83.0 Å². The van der Waals surface area contributed by atoms with Crippen molar-refractivity contribution in [2.75, 3.05) is 0 Å². The Morgan fingerprint density at radius 2 is 1.68 bits per heavy atom. The largest absolute Gasteiger partial charge is 0.0561 e. The molecule has 2 aromatic carbocycles. The Morgan fingerprint density at radius 1 is 0.947 bits per heavy atom. The predicted molar refractivity (Wildman–Crippen MR) is 88.8 cm³/mol. The Morgan fingerprint density at radius 3 is 2.37 bits per heavy atom. The van der Waals surface area contributed by atoms with E-state index in [0.717, 1.165) is 10.9 Å². The van der Waals surface area contributed by atoms with Gasteiger partial charge in [0.05, 0.1) is 0 Å². The number of rotatable bonds is 0. The summed E-state index contributed by atoms with van der Waals surface area (Å²) >= 11 is 7.33. The van der Waals surface area contributed by atoms with Crippen molar-refractivity contribution in [1.29, 1.82) is 0 Å². The van der Waals surface area contributed by atoms with Gasteiger partial charge < -0.3 is 0 Å². The van der Waals surface area contributed by atoms with Crippen LogP contribution in [0.2, 0.25) is 0 Å². The Labute approximate surface area is 131 Å². The van der Waals surface area contributed by atoms with Crippen LogP contribution in [0.5, 0.6) is 0 Å². The molecule has 0 N–H and O–H groups in total. The van der Waals surface area contributed by atoms with E-state index < -0.39 is 0 Å². The average molecular weight is 380 g/mol. The molecule has 1 aliphatic carbocycles. The van der Waals surface area contributed by atoms with Crippen molar-refractivity contribution in [1.82, 2.24) is 0 Å². The molecule has 0 saturated heterocycles. The Balaban J connectivity index is 2.20. The lowest BCUT2D eigenvalue weighted by Crippen LogP contribution is -2.11. The monoisotopic (exact) mass is 378 g/mol. The van der Waals surface area contributed by atoms with Gasteiger partial charge in [-0.15, -0.1) is 0 Å². The van der Waals surface area contributed by atoms with Crippen LogP contribution < -0.4 is 0 Å². The van der Waals surface area contributed by atoms with E-state index in [1.54, 1.807) is 0 Å². The van der Waals surface area contributed by atoms with Crippen molar-refractivity contribution >= 4 is 31.9 Å². The SMILES string of the molecule is CC(C)(C)c1cc(Br)c2c(c1)Cc1cc(Br)ccc1-2. The fourth-order valence-corrected chi connectivity index (χ4v) is 3.82. The quantitative estimate of drug-likeness (QED) is 0.444. The molecule has 0 saturated carbocycles. The second-order valence-corrected chi connectivity index (χ2v) is 7.99. The molecule has 0 nitrogen and oxygen atoms in total. The molecule has 0 fully saturated rings. The van der Waals surface area contributed by atoms with Gasteiger partial charge in [-0.3, -0.25) is 0 Å². The summed E-state index contributed by atoms with van der Waals surface area (Å²) in [6.07, 6.45) is 1.03. The summed E-state index contributed by atoms with van der Waals surface area (Å²) in [6, 6.07) is 11.2. The van der Waals surface area contributed by atoms with Crippen LogP contribution in [0.3, 0.4) is 0 Å². The number of fused-ring (bicyclic) bond motifs is 3. The van der Waals surface area contributed by atoms with E-state index in [1.165, 1.54) is 32.3 Å². The molecule has 19 heavy (non-hydrogen) atoms. The third kappa shape index (κ3) is 2.30. The standard InChI is InChI=1S/C17H16Br2/c1-17(2,3)12-7-11-6-10-8-13(18)4-5-14(10)16(11)15(19)9-12/h4-5,7-9H,6H2,1-3H3. The van der Waals surface area contributed by atoms with Crippen molar-refractivity contribution in [2.24, 2.45) is 0 Å². The molecule has 0 radical (unpaired) electrons. The average Bonchev–Trinajstić information content (AvgIpc) is 2.65. The molecule has 98 valence electrons. The van der Waals surface area contributed by atoms with Gasteiger partial charge in [0.2, 0.25) is 0 Å². The highest BCUT2D eigenvalue weighted by Gasteiger charge is 2.24. The first kappa shape index (κ1) is 13.4. The van der Waals surface area contributed by atoms with E-state index >= 15 is 0 Å². The van der Waals surface area contributed by atoms with Crippen LogP contribution in [0.4, 0.5) is 0 Å². The number of hydrogen-bond donors (Lipinski definition) is 0. The molecular formula is C17H16Br2. The van der Waals surface area contributed by atoms with Crippen LogP contribution in [0.15, 0.2) is 39.3 Å². The summed E-state index contributed by atoms with van der Waals surface area (Å²) in [4.78, 5) is 0. The van der Waals surface area contributed by atoms with Gasteiger partial charge in [-0.1, -0.05) is 64.8 Å². The summed E-state index contributed by atoms with van der Waals surface area (Å²) in [7, 11) is 0. The lowest BCUT2D eigenvalue weighted by molar-refractivity contribution is 0.589. The van der Waals surface area contributed by atoms with E-state index in [4.69, 9.17) is 0 Å². The molecule has 1 aliphatic rings. The molecule has 0 aliphatic heterocycles. The molecular weight excluding hydrogens is 364 g/mol. The maximum atomic E-state index is 3.77.